The van der Waals surface area contributed by atoms with Crippen molar-refractivity contribution in [2.45, 2.75) is 65.0 Å². The maximum Gasteiger partial charge on any atom is 0.391 e. The quantitative estimate of drug-likeness (QED) is 0.168. The average Bonchev–Trinajstić information content (AvgIpc) is 3.15. The average molecular weight is 660 g/mol. The van der Waals surface area contributed by atoms with Crippen molar-refractivity contribution >= 4 is 26.1 Å². The van der Waals surface area contributed by atoms with Crippen LogP contribution in [0.15, 0.2) is 52.7 Å². The van der Waals surface area contributed by atoms with Gasteiger partial charge in [0.05, 0.1) is 23.6 Å². The Morgan fingerprint density at radius 1 is 1.17 bits per heavy atom. The lowest BCUT2D eigenvalue weighted by Crippen LogP contribution is -2.49. The monoisotopic (exact) mass is 659 g/mol. The molecule has 0 spiro atoms. The van der Waals surface area contributed by atoms with Gasteiger partial charge in [-0.2, -0.15) is 0 Å². The van der Waals surface area contributed by atoms with Gasteiger partial charge in [0, 0.05) is 37.0 Å². The fraction of sp³-hybridized carbons (Fsp3) is 0.367. The Hall–Kier alpha value is -4.46. The van der Waals surface area contributed by atoms with Crippen LogP contribution in [0.5, 0.6) is 11.5 Å². The molecule has 2 bridgehead atoms. The number of nitrogens with zero attached hydrogens (tertiary/aromatic N) is 4. The third kappa shape index (κ3) is 7.16. The molecule has 1 saturated heterocycles. The van der Waals surface area contributed by atoms with E-state index in [4.69, 9.17) is 23.9 Å². The molecule has 0 radical (unpaired) electrons. The number of hydrogen-bond donors (Lipinski definition) is 3. The van der Waals surface area contributed by atoms with Crippen LogP contribution < -0.4 is 20.0 Å². The molecular formula is C30H32F2N5O8P. The summed E-state index contributed by atoms with van der Waals surface area (Å²) in [5.41, 5.74) is -0.344. The molecule has 3 N–H and O–H groups in total. The predicted octanol–water partition coefficient (Wildman–Crippen LogP) is 3.58. The number of carbonyl (C=O) groups excluding carboxylic acids is 2. The number of hydrogen-bond acceptors (Lipinski definition) is 10. The van der Waals surface area contributed by atoms with Crippen molar-refractivity contribution in [3.8, 4) is 11.5 Å². The van der Waals surface area contributed by atoms with Gasteiger partial charge in [0.1, 0.15) is 35.7 Å². The number of oxime groups is 1. The van der Waals surface area contributed by atoms with Crippen LogP contribution >= 0.6 is 8.60 Å². The second-order valence-electron chi connectivity index (χ2n) is 11.1. The molecule has 2 aromatic heterocycles. The Kier molecular flexibility index (Phi) is 9.94. The lowest BCUT2D eigenvalue weighted by molar-refractivity contribution is 0.00756. The molecule has 16 heteroatoms. The second-order valence-corrected chi connectivity index (χ2v) is 11.8. The van der Waals surface area contributed by atoms with Crippen molar-refractivity contribution < 1.29 is 42.3 Å². The van der Waals surface area contributed by atoms with Crippen molar-refractivity contribution in [2.24, 2.45) is 5.16 Å². The number of pyridine rings is 2. The molecule has 13 nitrogen and oxygen atoms in total. The highest BCUT2D eigenvalue weighted by molar-refractivity contribution is 7.39. The van der Waals surface area contributed by atoms with Crippen LogP contribution in [0.1, 0.15) is 71.8 Å². The minimum Gasteiger partial charge on any atom is -0.481 e. The topological polar surface area (TPSA) is 165 Å². The van der Waals surface area contributed by atoms with Crippen LogP contribution in [0.2, 0.25) is 0 Å². The number of halogens is 2. The minimum atomic E-state index is -2.65. The van der Waals surface area contributed by atoms with Crippen molar-refractivity contribution in [1.82, 2.24) is 19.8 Å². The molecule has 244 valence electrons. The first kappa shape index (κ1) is 32.9. The maximum atomic E-state index is 14.3. The van der Waals surface area contributed by atoms with Crippen LogP contribution in [0.4, 0.5) is 8.78 Å². The van der Waals surface area contributed by atoms with E-state index in [2.05, 4.69) is 15.5 Å². The number of fused-ring (bicyclic) bond motifs is 4. The summed E-state index contributed by atoms with van der Waals surface area (Å²) in [4.78, 5) is 71.1. The number of nitrogens with one attached hydrogen (secondary N) is 1. The Morgan fingerprint density at radius 3 is 2.63 bits per heavy atom. The van der Waals surface area contributed by atoms with Crippen molar-refractivity contribution in [1.29, 1.82) is 0 Å². The van der Waals surface area contributed by atoms with Crippen molar-refractivity contribution in [2.75, 3.05) is 6.54 Å². The summed E-state index contributed by atoms with van der Waals surface area (Å²) in [5, 5.41) is 6.65. The fourth-order valence-electron chi connectivity index (χ4n) is 5.34. The van der Waals surface area contributed by atoms with Gasteiger partial charge in [0.2, 0.25) is 5.43 Å². The molecule has 46 heavy (non-hydrogen) atoms. The van der Waals surface area contributed by atoms with Crippen molar-refractivity contribution in [3.05, 3.63) is 87.1 Å². The number of amides is 2. The molecule has 1 aromatic carbocycles. The molecule has 3 unspecified atom stereocenters. The second kappa shape index (κ2) is 13.9. The van der Waals surface area contributed by atoms with Crippen LogP contribution in [-0.4, -0.2) is 60.5 Å². The largest absolute Gasteiger partial charge is 0.481 e. The Bertz CT molecular complexity index is 1710. The number of benzene rings is 1. The molecule has 2 aliphatic heterocycles. The molecule has 3 atom stereocenters. The molecule has 0 aliphatic carbocycles. The summed E-state index contributed by atoms with van der Waals surface area (Å²) in [5.74, 6) is -3.28. The highest BCUT2D eigenvalue weighted by atomic mass is 31.2. The molecule has 3 aromatic rings. The third-order valence-electron chi connectivity index (χ3n) is 7.65. The fourth-order valence-corrected chi connectivity index (χ4v) is 5.63. The first-order valence-electron chi connectivity index (χ1n) is 14.4. The molecule has 1 fully saturated rings. The van der Waals surface area contributed by atoms with Gasteiger partial charge in [-0.25, -0.2) is 8.78 Å². The SMILES string of the molecule is CC(C)=NOC1CCC(C)N2CC1n1cc(C(=O)NCc3ccc(F)cc3F)c(=O)c(OCc3ccc(OP(O)O)cn3)c1C2=O. The molecule has 2 aliphatic rings. The van der Waals surface area contributed by atoms with E-state index >= 15 is 0 Å². The molecule has 5 rings (SSSR count). The molecule has 0 saturated carbocycles. The van der Waals surface area contributed by atoms with Crippen molar-refractivity contribution in [3.63, 3.8) is 0 Å². The van der Waals surface area contributed by atoms with E-state index in [0.717, 1.165) is 6.07 Å². The third-order valence-corrected chi connectivity index (χ3v) is 8.02. The Balaban J connectivity index is 1.55. The van der Waals surface area contributed by atoms with Crippen LogP contribution in [0, 0.1) is 11.6 Å². The van der Waals surface area contributed by atoms with Gasteiger partial charge >= 0.3 is 8.60 Å². The number of ether oxygens (including phenoxy) is 1. The zero-order chi connectivity index (χ0) is 33.1. The maximum absolute atomic E-state index is 14.3. The normalized spacial score (nSPS) is 18.8. The van der Waals surface area contributed by atoms with E-state index in [9.17, 15) is 23.2 Å². The Labute approximate surface area is 263 Å². The van der Waals surface area contributed by atoms with E-state index in [-0.39, 0.29) is 54.1 Å². The summed E-state index contributed by atoms with van der Waals surface area (Å²) in [6, 6.07) is 5.06. The van der Waals surface area contributed by atoms with Crippen LogP contribution in [0.3, 0.4) is 0 Å². The van der Waals surface area contributed by atoms with Gasteiger partial charge in [-0.05, 0) is 51.8 Å². The molecule has 2 amide bonds. The van der Waals surface area contributed by atoms with Gasteiger partial charge in [-0.3, -0.25) is 19.4 Å². The summed E-state index contributed by atoms with van der Waals surface area (Å²) in [6.07, 6.45) is 3.11. The van der Waals surface area contributed by atoms with Gasteiger partial charge < -0.3 is 38.7 Å². The van der Waals surface area contributed by atoms with Crippen LogP contribution in [0.25, 0.3) is 0 Å². The van der Waals surface area contributed by atoms with Gasteiger partial charge in [-0.15, -0.1) is 0 Å². The van der Waals surface area contributed by atoms with E-state index in [0.29, 0.717) is 30.3 Å². The smallest absolute Gasteiger partial charge is 0.391 e. The lowest BCUT2D eigenvalue weighted by atomic mass is 10.0. The lowest BCUT2D eigenvalue weighted by Gasteiger charge is -2.38. The zero-order valence-corrected chi connectivity index (χ0v) is 26.0. The highest BCUT2D eigenvalue weighted by Gasteiger charge is 2.44. The van der Waals surface area contributed by atoms with Gasteiger partial charge in [0.25, 0.3) is 11.8 Å². The molecular weight excluding hydrogens is 627 g/mol. The van der Waals surface area contributed by atoms with E-state index in [1.54, 1.807) is 18.7 Å². The minimum absolute atomic E-state index is 0.00239. The number of rotatable bonds is 10. The highest BCUT2D eigenvalue weighted by Crippen LogP contribution is 2.36. The predicted molar refractivity (Wildman–Crippen MR) is 161 cm³/mol. The Morgan fingerprint density at radius 2 is 1.96 bits per heavy atom. The summed E-state index contributed by atoms with van der Waals surface area (Å²) in [6.45, 7) is 5.04. The molecule has 4 heterocycles. The first-order chi connectivity index (χ1) is 21.9. The number of carbonyl (C=O) groups is 2. The van der Waals surface area contributed by atoms with E-state index in [1.165, 1.54) is 35.2 Å². The summed E-state index contributed by atoms with van der Waals surface area (Å²) >= 11 is 0. The van der Waals surface area contributed by atoms with Gasteiger partial charge in [-0.1, -0.05) is 11.2 Å². The number of aromatic nitrogens is 2. The van der Waals surface area contributed by atoms with Gasteiger partial charge in [0.15, 0.2) is 11.4 Å². The zero-order valence-electron chi connectivity index (χ0n) is 25.1. The summed E-state index contributed by atoms with van der Waals surface area (Å²) < 4.78 is 39.9. The first-order valence-corrected chi connectivity index (χ1v) is 15.5. The van der Waals surface area contributed by atoms with E-state index < -0.39 is 49.6 Å². The van der Waals surface area contributed by atoms with Crippen LogP contribution in [-0.2, 0) is 18.0 Å². The summed E-state index contributed by atoms with van der Waals surface area (Å²) in [7, 11) is -2.65. The van der Waals surface area contributed by atoms with E-state index in [1.807, 2.05) is 6.92 Å². The standard InChI is InChI=1S/C30H32F2N5O8P/c1-16(2)35-44-25-9-4-17(3)36-14-24(25)37-13-22(29(39)34-11-18-5-6-19(31)10-23(18)32)27(38)28(26(37)30(36)40)43-15-20-7-8-21(12-33-20)45-46(41)42/h5-8,10,12-13,17,24-25,41-42H,4,9,11,14-15H2,1-3H3,(H,34,39).